The Morgan fingerprint density at radius 2 is 2.13 bits per heavy atom. The number of pyridine rings is 1. The van der Waals surface area contributed by atoms with E-state index in [2.05, 4.69) is 15.6 Å². The molecule has 3 N–H and O–H groups in total. The van der Waals surface area contributed by atoms with Crippen LogP contribution in [0.2, 0.25) is 0 Å². The summed E-state index contributed by atoms with van der Waals surface area (Å²) in [4.78, 5) is 16.5. The smallest absolute Gasteiger partial charge is 0.413 e. The van der Waals surface area contributed by atoms with E-state index in [1.807, 2.05) is 12.1 Å². The van der Waals surface area contributed by atoms with Crippen molar-refractivity contribution >= 4 is 24.3 Å². The number of cyclic esters (lactones) is 1. The van der Waals surface area contributed by atoms with Gasteiger partial charge in [0.05, 0.1) is 17.9 Å². The van der Waals surface area contributed by atoms with E-state index in [0.717, 1.165) is 37.1 Å². The number of anilines is 1. The van der Waals surface area contributed by atoms with Crippen LogP contribution in [0.25, 0.3) is 11.3 Å². The number of piperidine rings is 1. The highest BCUT2D eigenvalue weighted by Crippen LogP contribution is 2.42. The summed E-state index contributed by atoms with van der Waals surface area (Å²) in [5, 5.41) is 16.8. The Kier molecular flexibility index (Phi) is 6.01. The zero-order valence-corrected chi connectivity index (χ0v) is 17.5. The van der Waals surface area contributed by atoms with Gasteiger partial charge in [-0.3, -0.25) is 5.32 Å². The number of carbonyl (C=O) groups excluding carboxylic acids is 1. The predicted octanol–water partition coefficient (Wildman–Crippen LogP) is 4.19. The fourth-order valence-electron chi connectivity index (χ4n) is 4.12. The summed E-state index contributed by atoms with van der Waals surface area (Å²) in [5.41, 5.74) is 3.20. The minimum atomic E-state index is -0.502. The van der Waals surface area contributed by atoms with E-state index < -0.39 is 6.09 Å². The van der Waals surface area contributed by atoms with Crippen molar-refractivity contribution in [3.63, 3.8) is 0 Å². The number of hydrogen-bond donors (Lipinski definition) is 3. The van der Waals surface area contributed by atoms with Gasteiger partial charge in [-0.05, 0) is 67.8 Å². The van der Waals surface area contributed by atoms with E-state index in [0.29, 0.717) is 41.3 Å². The molecule has 1 saturated heterocycles. The summed E-state index contributed by atoms with van der Waals surface area (Å²) in [7, 11) is 0. The number of nitrogens with zero attached hydrogens (tertiary/aromatic N) is 1. The van der Waals surface area contributed by atoms with Crippen LogP contribution in [-0.2, 0) is 11.3 Å². The van der Waals surface area contributed by atoms with Crippen molar-refractivity contribution in [3.05, 3.63) is 35.4 Å². The first kappa shape index (κ1) is 20.8. The summed E-state index contributed by atoms with van der Waals surface area (Å²) >= 11 is 0. The molecule has 0 bridgehead atoms. The maximum absolute atomic E-state index is 11.8. The molecule has 2 aliphatic heterocycles. The number of carbonyl (C=O) groups is 1. The zero-order chi connectivity index (χ0) is 19.8. The number of aromatic hydroxyl groups is 1. The fraction of sp³-hybridized carbons (Fsp3) is 0.455. The van der Waals surface area contributed by atoms with Crippen molar-refractivity contribution in [1.29, 1.82) is 0 Å². The number of amides is 1. The molecule has 7 nitrogen and oxygen atoms in total. The number of fused-ring (bicyclic) bond motifs is 1. The lowest BCUT2D eigenvalue weighted by Crippen LogP contribution is -2.30. The number of phenols is 1. The van der Waals surface area contributed by atoms with Gasteiger partial charge >= 0.3 is 6.09 Å². The summed E-state index contributed by atoms with van der Waals surface area (Å²) in [6.07, 6.45) is 4.03. The quantitative estimate of drug-likeness (QED) is 0.657. The first-order valence-electron chi connectivity index (χ1n) is 10.3. The third kappa shape index (κ3) is 4.18. The van der Waals surface area contributed by atoms with Gasteiger partial charge in [-0.2, -0.15) is 0 Å². The second-order valence-electron chi connectivity index (χ2n) is 8.07. The standard InChI is InChI=1S/C22H25N3O4.ClH/c26-18-4-1-5-19(28-11-13-6-7-13)20(18)17-9-15(14-3-2-8-23-10-14)16-12-29-22(27)25-21(16)24-17;/h1,4-5,9,13-14,23,26H,2-3,6-8,10-12H2,(H,24,25,27);1H/t14-;/m0./s1. The van der Waals surface area contributed by atoms with Crippen LogP contribution in [0.4, 0.5) is 10.6 Å². The number of ether oxygens (including phenoxy) is 2. The van der Waals surface area contributed by atoms with Crippen LogP contribution in [0.3, 0.4) is 0 Å². The van der Waals surface area contributed by atoms with Crippen LogP contribution in [0.15, 0.2) is 24.3 Å². The van der Waals surface area contributed by atoms with Crippen molar-refractivity contribution in [3.8, 4) is 22.8 Å². The topological polar surface area (TPSA) is 92.7 Å². The maximum atomic E-state index is 11.8. The monoisotopic (exact) mass is 431 g/mol. The van der Waals surface area contributed by atoms with Gasteiger partial charge in [-0.25, -0.2) is 9.78 Å². The van der Waals surface area contributed by atoms with Gasteiger partial charge < -0.3 is 19.9 Å². The Balaban J connectivity index is 0.00000218. The highest BCUT2D eigenvalue weighted by molar-refractivity contribution is 5.88. The molecule has 3 aliphatic rings. The lowest BCUT2D eigenvalue weighted by Gasteiger charge is -2.28. The average molecular weight is 432 g/mol. The highest BCUT2D eigenvalue weighted by atomic mass is 35.5. The minimum Gasteiger partial charge on any atom is -0.507 e. The van der Waals surface area contributed by atoms with Crippen molar-refractivity contribution in [2.45, 2.75) is 38.2 Å². The number of nitrogens with one attached hydrogen (secondary N) is 2. The molecular formula is C22H26ClN3O4. The number of rotatable bonds is 5. The highest BCUT2D eigenvalue weighted by Gasteiger charge is 2.28. The van der Waals surface area contributed by atoms with E-state index in [4.69, 9.17) is 9.47 Å². The predicted molar refractivity (Wildman–Crippen MR) is 115 cm³/mol. The van der Waals surface area contributed by atoms with Gasteiger partial charge in [0.15, 0.2) is 0 Å². The van der Waals surface area contributed by atoms with E-state index in [9.17, 15) is 9.90 Å². The third-order valence-electron chi connectivity index (χ3n) is 5.90. The van der Waals surface area contributed by atoms with E-state index >= 15 is 0 Å². The molecule has 1 atom stereocenters. The maximum Gasteiger partial charge on any atom is 0.413 e. The lowest BCUT2D eigenvalue weighted by molar-refractivity contribution is 0.150. The molecule has 1 aromatic carbocycles. The number of aromatic nitrogens is 1. The van der Waals surface area contributed by atoms with Crippen LogP contribution in [0, 0.1) is 5.92 Å². The van der Waals surface area contributed by atoms with Crippen LogP contribution in [0.1, 0.15) is 42.7 Å². The Bertz CT molecular complexity index is 942. The molecule has 0 radical (unpaired) electrons. The Hall–Kier alpha value is -2.51. The average Bonchev–Trinajstić information content (AvgIpc) is 3.56. The van der Waals surface area contributed by atoms with Crippen molar-refractivity contribution in [2.24, 2.45) is 5.92 Å². The van der Waals surface area contributed by atoms with Gasteiger partial charge in [0, 0.05) is 12.1 Å². The summed E-state index contributed by atoms with van der Waals surface area (Å²) < 4.78 is 11.2. The molecule has 8 heteroatoms. The van der Waals surface area contributed by atoms with Gasteiger partial charge in [0.1, 0.15) is 23.9 Å². The number of benzene rings is 1. The van der Waals surface area contributed by atoms with E-state index in [-0.39, 0.29) is 24.8 Å². The van der Waals surface area contributed by atoms with E-state index in [1.165, 1.54) is 12.8 Å². The first-order valence-corrected chi connectivity index (χ1v) is 10.3. The van der Waals surface area contributed by atoms with Crippen LogP contribution >= 0.6 is 12.4 Å². The normalized spacial score (nSPS) is 20.4. The molecule has 2 fully saturated rings. The summed E-state index contributed by atoms with van der Waals surface area (Å²) in [6, 6.07) is 7.31. The van der Waals surface area contributed by atoms with E-state index in [1.54, 1.807) is 12.1 Å². The van der Waals surface area contributed by atoms with Crippen LogP contribution < -0.4 is 15.4 Å². The van der Waals surface area contributed by atoms with Gasteiger partial charge in [-0.15, -0.1) is 12.4 Å². The largest absolute Gasteiger partial charge is 0.507 e. The first-order chi connectivity index (χ1) is 14.2. The molecule has 0 unspecified atom stereocenters. The lowest BCUT2D eigenvalue weighted by atomic mass is 9.87. The van der Waals surface area contributed by atoms with Gasteiger partial charge in [0.2, 0.25) is 0 Å². The zero-order valence-electron chi connectivity index (χ0n) is 16.6. The number of hydrogen-bond acceptors (Lipinski definition) is 6. The van der Waals surface area contributed by atoms with Gasteiger partial charge in [-0.1, -0.05) is 6.07 Å². The molecule has 1 aromatic heterocycles. The molecule has 1 amide bonds. The number of halogens is 1. The Labute approximate surface area is 181 Å². The third-order valence-corrected chi connectivity index (χ3v) is 5.90. The molecule has 1 saturated carbocycles. The van der Waals surface area contributed by atoms with Crippen LogP contribution in [0.5, 0.6) is 11.5 Å². The molecule has 160 valence electrons. The molecule has 5 rings (SSSR count). The minimum absolute atomic E-state index is 0. The van der Waals surface area contributed by atoms with Gasteiger partial charge in [0.25, 0.3) is 0 Å². The van der Waals surface area contributed by atoms with Crippen molar-refractivity contribution in [1.82, 2.24) is 10.3 Å². The number of phenolic OH excluding ortho intramolecular Hbond substituents is 1. The molecule has 0 spiro atoms. The van der Waals surface area contributed by atoms with Crippen molar-refractivity contribution in [2.75, 3.05) is 25.0 Å². The second-order valence-corrected chi connectivity index (χ2v) is 8.07. The molecule has 30 heavy (non-hydrogen) atoms. The van der Waals surface area contributed by atoms with Crippen molar-refractivity contribution < 1.29 is 19.4 Å². The second kappa shape index (κ2) is 8.70. The molecule has 3 heterocycles. The molecule has 2 aromatic rings. The molecule has 1 aliphatic carbocycles. The Morgan fingerprint density at radius 3 is 2.90 bits per heavy atom. The summed E-state index contributed by atoms with van der Waals surface area (Å²) in [5.74, 6) is 2.16. The molecular weight excluding hydrogens is 406 g/mol. The fourth-order valence-corrected chi connectivity index (χ4v) is 4.12. The Morgan fingerprint density at radius 1 is 1.27 bits per heavy atom. The van der Waals surface area contributed by atoms with Crippen LogP contribution in [-0.4, -0.2) is 35.9 Å². The SMILES string of the molecule is Cl.O=C1Nc2nc(-c3c(O)cccc3OCC3CC3)cc([C@H]3CCCNC3)c2CO1. The summed E-state index contributed by atoms with van der Waals surface area (Å²) in [6.45, 7) is 2.75.